The maximum absolute atomic E-state index is 2.48. The Morgan fingerprint density at radius 3 is 2.80 bits per heavy atom. The van der Waals surface area contributed by atoms with Gasteiger partial charge in [-0.3, -0.25) is 0 Å². The third-order valence-corrected chi connectivity index (χ3v) is 4.29. The standard InChI is InChI=1S/C15H20/c1-2-4-12(5-3-1)6-8-14-10-13-7-9-15(14)11-13/h2,4-5,7,9,13-15H,1,3,6,8,10-11H2. The van der Waals surface area contributed by atoms with Crippen molar-refractivity contribution in [2.75, 3.05) is 0 Å². The maximum atomic E-state index is 2.48. The first-order chi connectivity index (χ1) is 7.42. The molecule has 0 heteroatoms. The van der Waals surface area contributed by atoms with E-state index in [1.165, 1.54) is 38.5 Å². The first-order valence-corrected chi connectivity index (χ1v) is 6.46. The van der Waals surface area contributed by atoms with Crippen molar-refractivity contribution in [2.24, 2.45) is 17.8 Å². The number of rotatable bonds is 3. The SMILES string of the molecule is C1=CC(CCC2CC3C=CC2C3)=CCC1. The predicted octanol–water partition coefficient (Wildman–Crippen LogP) is 4.26. The van der Waals surface area contributed by atoms with Crippen LogP contribution in [0.5, 0.6) is 0 Å². The first-order valence-electron chi connectivity index (χ1n) is 6.46. The van der Waals surface area contributed by atoms with E-state index >= 15 is 0 Å². The van der Waals surface area contributed by atoms with E-state index < -0.39 is 0 Å². The summed E-state index contributed by atoms with van der Waals surface area (Å²) in [6.07, 6.45) is 20.2. The van der Waals surface area contributed by atoms with Gasteiger partial charge < -0.3 is 0 Å². The van der Waals surface area contributed by atoms with Crippen LogP contribution in [0, 0.1) is 17.8 Å². The summed E-state index contributed by atoms with van der Waals surface area (Å²) in [6, 6.07) is 0. The summed E-state index contributed by atoms with van der Waals surface area (Å²) in [4.78, 5) is 0. The Morgan fingerprint density at radius 2 is 2.13 bits per heavy atom. The lowest BCUT2D eigenvalue weighted by molar-refractivity contribution is 0.417. The van der Waals surface area contributed by atoms with E-state index in [1.54, 1.807) is 5.57 Å². The van der Waals surface area contributed by atoms with Crippen molar-refractivity contribution in [3.8, 4) is 0 Å². The van der Waals surface area contributed by atoms with Gasteiger partial charge in [0.15, 0.2) is 0 Å². The fraction of sp³-hybridized carbons (Fsp3) is 0.600. The van der Waals surface area contributed by atoms with Crippen LogP contribution in [0.2, 0.25) is 0 Å². The maximum Gasteiger partial charge on any atom is -0.0199 e. The average Bonchev–Trinajstić information content (AvgIpc) is 2.89. The molecule has 15 heavy (non-hydrogen) atoms. The van der Waals surface area contributed by atoms with Crippen molar-refractivity contribution in [1.29, 1.82) is 0 Å². The summed E-state index contributed by atoms with van der Waals surface area (Å²) < 4.78 is 0. The van der Waals surface area contributed by atoms with Crippen molar-refractivity contribution in [2.45, 2.75) is 38.5 Å². The third kappa shape index (κ3) is 1.95. The lowest BCUT2D eigenvalue weighted by Gasteiger charge is -2.18. The van der Waals surface area contributed by atoms with Crippen molar-refractivity contribution in [3.05, 3.63) is 36.0 Å². The summed E-state index contributed by atoms with van der Waals surface area (Å²) in [5.41, 5.74) is 1.59. The van der Waals surface area contributed by atoms with Crippen LogP contribution in [0.1, 0.15) is 38.5 Å². The third-order valence-electron chi connectivity index (χ3n) is 4.29. The molecule has 3 aliphatic carbocycles. The lowest BCUT2D eigenvalue weighted by atomic mass is 9.87. The molecular formula is C15H20. The van der Waals surface area contributed by atoms with Crippen LogP contribution in [0.25, 0.3) is 0 Å². The molecule has 0 aromatic heterocycles. The highest BCUT2D eigenvalue weighted by molar-refractivity contribution is 5.22. The normalized spacial score (nSPS) is 37.3. The molecule has 3 aliphatic rings. The Bertz CT molecular complexity index is 319. The fourth-order valence-corrected chi connectivity index (χ4v) is 3.43. The molecule has 3 atom stereocenters. The summed E-state index contributed by atoms with van der Waals surface area (Å²) in [6.45, 7) is 0. The Hall–Kier alpha value is -0.780. The highest BCUT2D eigenvalue weighted by atomic mass is 14.4. The minimum atomic E-state index is 0.933. The van der Waals surface area contributed by atoms with Gasteiger partial charge in [-0.2, -0.15) is 0 Å². The zero-order chi connectivity index (χ0) is 10.1. The molecule has 2 bridgehead atoms. The molecule has 80 valence electrons. The quantitative estimate of drug-likeness (QED) is 0.597. The molecule has 1 saturated carbocycles. The molecule has 0 aromatic rings. The van der Waals surface area contributed by atoms with Gasteiger partial charge in [0.1, 0.15) is 0 Å². The van der Waals surface area contributed by atoms with E-state index in [9.17, 15) is 0 Å². The highest BCUT2D eigenvalue weighted by Crippen LogP contribution is 2.45. The van der Waals surface area contributed by atoms with Crippen molar-refractivity contribution in [1.82, 2.24) is 0 Å². The number of allylic oxidation sites excluding steroid dienone is 6. The second-order valence-corrected chi connectivity index (χ2v) is 5.34. The molecule has 0 N–H and O–H groups in total. The molecular weight excluding hydrogens is 180 g/mol. The van der Waals surface area contributed by atoms with E-state index in [4.69, 9.17) is 0 Å². The van der Waals surface area contributed by atoms with E-state index in [-0.39, 0.29) is 0 Å². The summed E-state index contributed by atoms with van der Waals surface area (Å²) in [5.74, 6) is 2.87. The second-order valence-electron chi connectivity index (χ2n) is 5.34. The van der Waals surface area contributed by atoms with E-state index in [1.807, 2.05) is 0 Å². The van der Waals surface area contributed by atoms with E-state index in [0.717, 1.165) is 17.8 Å². The summed E-state index contributed by atoms with van der Waals surface area (Å²) in [7, 11) is 0. The van der Waals surface area contributed by atoms with Gasteiger partial charge in [0.25, 0.3) is 0 Å². The van der Waals surface area contributed by atoms with Crippen LogP contribution in [0.4, 0.5) is 0 Å². The van der Waals surface area contributed by atoms with E-state index in [2.05, 4.69) is 30.4 Å². The lowest BCUT2D eigenvalue weighted by Crippen LogP contribution is -2.07. The van der Waals surface area contributed by atoms with Crippen molar-refractivity contribution in [3.63, 3.8) is 0 Å². The molecule has 1 fully saturated rings. The van der Waals surface area contributed by atoms with Crippen LogP contribution in [0.3, 0.4) is 0 Å². The predicted molar refractivity (Wildman–Crippen MR) is 64.5 cm³/mol. The molecule has 0 heterocycles. The zero-order valence-corrected chi connectivity index (χ0v) is 9.36. The van der Waals surface area contributed by atoms with Crippen molar-refractivity contribution < 1.29 is 0 Å². The molecule has 0 aliphatic heterocycles. The first kappa shape index (κ1) is 9.45. The van der Waals surface area contributed by atoms with Crippen LogP contribution in [-0.2, 0) is 0 Å². The second kappa shape index (κ2) is 4.00. The van der Waals surface area contributed by atoms with Gasteiger partial charge in [0.2, 0.25) is 0 Å². The smallest absolute Gasteiger partial charge is 0.0199 e. The van der Waals surface area contributed by atoms with Gasteiger partial charge >= 0.3 is 0 Å². The molecule has 3 unspecified atom stereocenters. The minimum absolute atomic E-state index is 0.933. The zero-order valence-electron chi connectivity index (χ0n) is 9.36. The van der Waals surface area contributed by atoms with Gasteiger partial charge in [0, 0.05) is 0 Å². The number of hydrogen-bond donors (Lipinski definition) is 0. The van der Waals surface area contributed by atoms with Crippen LogP contribution < -0.4 is 0 Å². The van der Waals surface area contributed by atoms with Crippen LogP contribution >= 0.6 is 0 Å². The van der Waals surface area contributed by atoms with Crippen molar-refractivity contribution >= 4 is 0 Å². The molecule has 3 rings (SSSR count). The molecule has 0 spiro atoms. The van der Waals surface area contributed by atoms with Gasteiger partial charge in [-0.25, -0.2) is 0 Å². The van der Waals surface area contributed by atoms with Gasteiger partial charge in [-0.1, -0.05) is 36.0 Å². The molecule has 0 nitrogen and oxygen atoms in total. The summed E-state index contributed by atoms with van der Waals surface area (Å²) >= 11 is 0. The monoisotopic (exact) mass is 200 g/mol. The molecule has 0 amide bonds. The van der Waals surface area contributed by atoms with Crippen LogP contribution in [0.15, 0.2) is 36.0 Å². The average molecular weight is 200 g/mol. The largest absolute Gasteiger partial charge is 0.0851 e. The Balaban J connectivity index is 1.52. The molecule has 0 saturated heterocycles. The molecule has 0 aromatic carbocycles. The Kier molecular flexibility index (Phi) is 2.52. The summed E-state index contributed by atoms with van der Waals surface area (Å²) in [5, 5.41) is 0. The highest BCUT2D eigenvalue weighted by Gasteiger charge is 2.34. The minimum Gasteiger partial charge on any atom is -0.0851 e. The number of hydrogen-bond acceptors (Lipinski definition) is 0. The van der Waals surface area contributed by atoms with E-state index in [0.29, 0.717) is 0 Å². The Morgan fingerprint density at radius 1 is 1.13 bits per heavy atom. The fourth-order valence-electron chi connectivity index (χ4n) is 3.43. The topological polar surface area (TPSA) is 0 Å². The Labute approximate surface area is 92.8 Å². The van der Waals surface area contributed by atoms with Gasteiger partial charge in [0.05, 0.1) is 0 Å². The van der Waals surface area contributed by atoms with Gasteiger partial charge in [-0.15, -0.1) is 0 Å². The van der Waals surface area contributed by atoms with Crippen LogP contribution in [-0.4, -0.2) is 0 Å². The van der Waals surface area contributed by atoms with Gasteiger partial charge in [-0.05, 0) is 56.3 Å². The molecule has 0 radical (unpaired) electrons. The number of fused-ring (bicyclic) bond motifs is 2.